The molecule has 0 saturated heterocycles. The Morgan fingerprint density at radius 3 is 2.73 bits per heavy atom. The van der Waals surface area contributed by atoms with Crippen molar-refractivity contribution in [2.45, 2.75) is 57.4 Å². The van der Waals surface area contributed by atoms with Gasteiger partial charge in [-0.1, -0.05) is 12.8 Å². The lowest BCUT2D eigenvalue weighted by atomic mass is 9.74. The third-order valence-corrected chi connectivity index (χ3v) is 4.23. The molecule has 0 radical (unpaired) electrons. The van der Waals surface area contributed by atoms with E-state index in [1.54, 1.807) is 0 Å². The summed E-state index contributed by atoms with van der Waals surface area (Å²) in [5.41, 5.74) is 2.46. The summed E-state index contributed by atoms with van der Waals surface area (Å²) in [4.78, 5) is 12.3. The Labute approximate surface area is 91.1 Å². The highest BCUT2D eigenvalue weighted by Gasteiger charge is 2.38. The van der Waals surface area contributed by atoms with Crippen molar-refractivity contribution in [1.29, 1.82) is 0 Å². The Morgan fingerprint density at radius 2 is 1.80 bits per heavy atom. The standard InChI is InChI=1S/C13H19NO/c15-13-9-5-1-3-7-11(9)14-12-8-4-2-6-10(12)13/h9,11,14H,1-8H2/t9-,11+/m1/s1. The molecule has 2 nitrogen and oxygen atoms in total. The van der Waals surface area contributed by atoms with Crippen molar-refractivity contribution in [2.24, 2.45) is 5.92 Å². The summed E-state index contributed by atoms with van der Waals surface area (Å²) >= 11 is 0. The minimum atomic E-state index is 0.315. The first-order valence-electron chi connectivity index (χ1n) is 6.39. The maximum Gasteiger partial charge on any atom is 0.165 e. The van der Waals surface area contributed by atoms with Crippen LogP contribution < -0.4 is 5.32 Å². The van der Waals surface area contributed by atoms with Gasteiger partial charge in [-0.15, -0.1) is 0 Å². The first kappa shape index (κ1) is 9.44. The number of ketones is 1. The fourth-order valence-corrected chi connectivity index (χ4v) is 3.40. The maximum atomic E-state index is 12.3. The number of Topliss-reactive ketones (excluding diaryl/α,β-unsaturated/α-hetero) is 1. The molecule has 1 N–H and O–H groups in total. The molecule has 3 rings (SSSR count). The molecule has 15 heavy (non-hydrogen) atoms. The van der Waals surface area contributed by atoms with Crippen LogP contribution in [0.1, 0.15) is 51.4 Å². The molecule has 82 valence electrons. The second kappa shape index (κ2) is 3.66. The average molecular weight is 205 g/mol. The monoisotopic (exact) mass is 205 g/mol. The zero-order chi connectivity index (χ0) is 10.3. The predicted molar refractivity (Wildman–Crippen MR) is 59.4 cm³/mol. The largest absolute Gasteiger partial charge is 0.385 e. The van der Waals surface area contributed by atoms with E-state index in [0.717, 1.165) is 24.8 Å². The lowest BCUT2D eigenvalue weighted by Crippen LogP contribution is -2.47. The van der Waals surface area contributed by atoms with Crippen molar-refractivity contribution in [2.75, 3.05) is 0 Å². The van der Waals surface area contributed by atoms with Gasteiger partial charge in [0.1, 0.15) is 0 Å². The van der Waals surface area contributed by atoms with Gasteiger partial charge < -0.3 is 5.32 Å². The molecule has 2 heteroatoms. The molecule has 1 heterocycles. The van der Waals surface area contributed by atoms with E-state index in [0.29, 0.717) is 17.7 Å². The van der Waals surface area contributed by atoms with Crippen LogP contribution in [0.25, 0.3) is 0 Å². The summed E-state index contributed by atoms with van der Waals surface area (Å²) < 4.78 is 0. The summed E-state index contributed by atoms with van der Waals surface area (Å²) in [6.45, 7) is 0. The maximum absolute atomic E-state index is 12.3. The summed E-state index contributed by atoms with van der Waals surface area (Å²) in [5, 5.41) is 3.65. The molecule has 0 aromatic heterocycles. The average Bonchev–Trinajstić information content (AvgIpc) is 2.30. The minimum Gasteiger partial charge on any atom is -0.385 e. The Hall–Kier alpha value is -0.790. The van der Waals surface area contributed by atoms with E-state index in [2.05, 4.69) is 5.32 Å². The van der Waals surface area contributed by atoms with Gasteiger partial charge in [-0.2, -0.15) is 0 Å². The molecule has 2 aliphatic carbocycles. The quantitative estimate of drug-likeness (QED) is 0.658. The molecular formula is C13H19NO. The van der Waals surface area contributed by atoms with Crippen molar-refractivity contribution in [3.05, 3.63) is 11.3 Å². The SMILES string of the molecule is O=C1C2=C(CCCC2)N[C@H]2CCCC[C@@H]12. The molecule has 0 spiro atoms. The lowest BCUT2D eigenvalue weighted by Gasteiger charge is -2.39. The molecule has 1 fully saturated rings. The molecule has 0 unspecified atom stereocenters. The predicted octanol–water partition coefficient (Wildman–Crippen LogP) is 2.55. The molecule has 0 amide bonds. The van der Waals surface area contributed by atoms with Gasteiger partial charge in [0.05, 0.1) is 0 Å². The van der Waals surface area contributed by atoms with Crippen molar-refractivity contribution >= 4 is 5.78 Å². The first-order chi connectivity index (χ1) is 7.36. The number of allylic oxidation sites excluding steroid dienone is 2. The Kier molecular flexibility index (Phi) is 2.30. The van der Waals surface area contributed by atoms with E-state index in [4.69, 9.17) is 0 Å². The molecular weight excluding hydrogens is 186 g/mol. The minimum absolute atomic E-state index is 0.315. The second-order valence-corrected chi connectivity index (χ2v) is 5.17. The van der Waals surface area contributed by atoms with Crippen molar-refractivity contribution < 1.29 is 4.79 Å². The zero-order valence-corrected chi connectivity index (χ0v) is 9.22. The van der Waals surface area contributed by atoms with E-state index in [1.165, 1.54) is 37.8 Å². The van der Waals surface area contributed by atoms with E-state index in [1.807, 2.05) is 0 Å². The number of hydrogen-bond donors (Lipinski definition) is 1. The van der Waals surface area contributed by atoms with E-state index in [9.17, 15) is 4.79 Å². The van der Waals surface area contributed by atoms with Crippen LogP contribution in [0, 0.1) is 5.92 Å². The molecule has 2 atom stereocenters. The normalized spacial score (nSPS) is 35.6. The fraction of sp³-hybridized carbons (Fsp3) is 0.769. The zero-order valence-electron chi connectivity index (χ0n) is 9.22. The van der Waals surface area contributed by atoms with Crippen LogP contribution >= 0.6 is 0 Å². The van der Waals surface area contributed by atoms with E-state index < -0.39 is 0 Å². The van der Waals surface area contributed by atoms with Gasteiger partial charge in [0.25, 0.3) is 0 Å². The highest BCUT2D eigenvalue weighted by Crippen LogP contribution is 2.36. The van der Waals surface area contributed by atoms with Gasteiger partial charge in [0.15, 0.2) is 5.78 Å². The van der Waals surface area contributed by atoms with Crippen LogP contribution in [0.3, 0.4) is 0 Å². The van der Waals surface area contributed by atoms with Crippen LogP contribution in [0.2, 0.25) is 0 Å². The Morgan fingerprint density at radius 1 is 1.00 bits per heavy atom. The highest BCUT2D eigenvalue weighted by molar-refractivity contribution is 5.99. The third kappa shape index (κ3) is 1.51. The van der Waals surface area contributed by atoms with Gasteiger partial charge >= 0.3 is 0 Å². The van der Waals surface area contributed by atoms with Crippen LogP contribution in [-0.4, -0.2) is 11.8 Å². The van der Waals surface area contributed by atoms with Crippen molar-refractivity contribution in [1.82, 2.24) is 5.32 Å². The van der Waals surface area contributed by atoms with Gasteiger partial charge in [0.2, 0.25) is 0 Å². The topological polar surface area (TPSA) is 29.1 Å². The molecule has 0 aromatic rings. The number of fused-ring (bicyclic) bond motifs is 1. The summed E-state index contributed by atoms with van der Waals surface area (Å²) in [6.07, 6.45) is 9.48. The van der Waals surface area contributed by atoms with Gasteiger partial charge in [-0.05, 0) is 38.5 Å². The van der Waals surface area contributed by atoms with Crippen LogP contribution in [0.5, 0.6) is 0 Å². The summed E-state index contributed by atoms with van der Waals surface area (Å²) in [5.74, 6) is 0.809. The molecule has 1 saturated carbocycles. The molecule has 1 aliphatic heterocycles. The van der Waals surface area contributed by atoms with Crippen molar-refractivity contribution in [3.63, 3.8) is 0 Å². The Bertz CT molecular complexity index is 318. The van der Waals surface area contributed by atoms with Crippen LogP contribution in [-0.2, 0) is 4.79 Å². The van der Waals surface area contributed by atoms with Crippen molar-refractivity contribution in [3.8, 4) is 0 Å². The third-order valence-electron chi connectivity index (χ3n) is 4.23. The number of carbonyl (C=O) groups is 1. The van der Waals surface area contributed by atoms with E-state index in [-0.39, 0.29) is 0 Å². The summed E-state index contributed by atoms with van der Waals surface area (Å²) in [7, 11) is 0. The smallest absolute Gasteiger partial charge is 0.165 e. The molecule has 3 aliphatic rings. The van der Waals surface area contributed by atoms with Gasteiger partial charge in [0, 0.05) is 23.2 Å². The molecule has 0 bridgehead atoms. The lowest BCUT2D eigenvalue weighted by molar-refractivity contribution is -0.122. The number of carbonyl (C=O) groups excluding carboxylic acids is 1. The number of rotatable bonds is 0. The Balaban J connectivity index is 1.91. The first-order valence-corrected chi connectivity index (χ1v) is 6.39. The number of hydrogen-bond acceptors (Lipinski definition) is 2. The number of nitrogens with one attached hydrogen (secondary N) is 1. The van der Waals surface area contributed by atoms with Gasteiger partial charge in [-0.3, -0.25) is 4.79 Å². The molecule has 0 aromatic carbocycles. The second-order valence-electron chi connectivity index (χ2n) is 5.17. The van der Waals surface area contributed by atoms with Crippen LogP contribution in [0.15, 0.2) is 11.3 Å². The highest BCUT2D eigenvalue weighted by atomic mass is 16.1. The van der Waals surface area contributed by atoms with Gasteiger partial charge in [-0.25, -0.2) is 0 Å². The van der Waals surface area contributed by atoms with Crippen LogP contribution in [0.4, 0.5) is 0 Å². The fourth-order valence-electron chi connectivity index (χ4n) is 3.40. The summed E-state index contributed by atoms with van der Waals surface area (Å²) in [6, 6.07) is 0.475. The van der Waals surface area contributed by atoms with E-state index >= 15 is 0 Å².